The quantitative estimate of drug-likeness (QED) is 0.749. The van der Waals surface area contributed by atoms with E-state index in [0.29, 0.717) is 6.04 Å². The number of likely N-dealkylation sites (tertiary alicyclic amines) is 1. The van der Waals surface area contributed by atoms with Gasteiger partial charge in [0, 0.05) is 63.1 Å². The number of nitrogens with zero attached hydrogens (tertiary/aromatic N) is 5. The van der Waals surface area contributed by atoms with Gasteiger partial charge in [0.15, 0.2) is 0 Å². The standard InChI is InChI=1S/C23H35N5O/c1-4-28-19(2)20(16-24-28)17-25-11-7-8-21(18-25)26-12-14-27(15-13-26)22-9-5-6-10-23(22)29-3/h5-6,9-10,16,21H,4,7-8,11-15,17-18H2,1-3H3/t21-/m0/s1. The lowest BCUT2D eigenvalue weighted by molar-refractivity contribution is 0.0886. The summed E-state index contributed by atoms with van der Waals surface area (Å²) in [5, 5.41) is 4.52. The van der Waals surface area contributed by atoms with Crippen molar-refractivity contribution in [1.29, 1.82) is 0 Å². The first-order chi connectivity index (χ1) is 14.2. The first kappa shape index (κ1) is 20.2. The zero-order chi connectivity index (χ0) is 20.2. The van der Waals surface area contributed by atoms with Crippen LogP contribution in [0, 0.1) is 6.92 Å². The number of methoxy groups -OCH3 is 1. The highest BCUT2D eigenvalue weighted by atomic mass is 16.5. The maximum atomic E-state index is 5.56. The van der Waals surface area contributed by atoms with Crippen LogP contribution in [-0.4, -0.2) is 72.0 Å². The monoisotopic (exact) mass is 397 g/mol. The molecule has 0 spiro atoms. The zero-order valence-corrected chi connectivity index (χ0v) is 18.2. The summed E-state index contributed by atoms with van der Waals surface area (Å²) >= 11 is 0. The van der Waals surface area contributed by atoms with E-state index >= 15 is 0 Å². The summed E-state index contributed by atoms with van der Waals surface area (Å²) in [5.41, 5.74) is 3.93. The molecule has 3 heterocycles. The van der Waals surface area contributed by atoms with Gasteiger partial charge >= 0.3 is 0 Å². The molecule has 2 aliphatic heterocycles. The fourth-order valence-electron chi connectivity index (χ4n) is 4.89. The summed E-state index contributed by atoms with van der Waals surface area (Å²) in [5.74, 6) is 0.979. The van der Waals surface area contributed by atoms with E-state index in [1.807, 2.05) is 6.07 Å². The molecular formula is C23H35N5O. The molecule has 2 aliphatic rings. The number of aromatic nitrogens is 2. The highest BCUT2D eigenvalue weighted by Gasteiger charge is 2.29. The van der Waals surface area contributed by atoms with Gasteiger partial charge in [0.25, 0.3) is 0 Å². The zero-order valence-electron chi connectivity index (χ0n) is 18.2. The second-order valence-corrected chi connectivity index (χ2v) is 8.30. The lowest BCUT2D eigenvalue weighted by atomic mass is 10.0. The Balaban J connectivity index is 1.33. The van der Waals surface area contributed by atoms with Crippen molar-refractivity contribution >= 4 is 5.69 Å². The van der Waals surface area contributed by atoms with Crippen LogP contribution in [-0.2, 0) is 13.1 Å². The van der Waals surface area contributed by atoms with Crippen molar-refractivity contribution < 1.29 is 4.74 Å². The van der Waals surface area contributed by atoms with Crippen LogP contribution in [0.15, 0.2) is 30.5 Å². The summed E-state index contributed by atoms with van der Waals surface area (Å²) in [6.07, 6.45) is 4.67. The minimum Gasteiger partial charge on any atom is -0.495 e. The van der Waals surface area contributed by atoms with E-state index < -0.39 is 0 Å². The first-order valence-corrected chi connectivity index (χ1v) is 11.0. The highest BCUT2D eigenvalue weighted by molar-refractivity contribution is 5.58. The van der Waals surface area contributed by atoms with Gasteiger partial charge in [-0.15, -0.1) is 0 Å². The summed E-state index contributed by atoms with van der Waals surface area (Å²) in [4.78, 5) is 7.81. The average Bonchev–Trinajstić information content (AvgIpc) is 3.13. The van der Waals surface area contributed by atoms with Crippen molar-refractivity contribution in [3.63, 3.8) is 0 Å². The molecule has 0 unspecified atom stereocenters. The van der Waals surface area contributed by atoms with Crippen LogP contribution in [0.3, 0.4) is 0 Å². The van der Waals surface area contributed by atoms with Gasteiger partial charge in [0.2, 0.25) is 0 Å². The Bertz CT molecular complexity index is 796. The normalized spacial score (nSPS) is 21.5. The van der Waals surface area contributed by atoms with Crippen LogP contribution in [0.4, 0.5) is 5.69 Å². The van der Waals surface area contributed by atoms with Gasteiger partial charge in [-0.25, -0.2) is 0 Å². The Hall–Kier alpha value is -2.05. The molecule has 29 heavy (non-hydrogen) atoms. The first-order valence-electron chi connectivity index (χ1n) is 11.0. The van der Waals surface area contributed by atoms with Crippen LogP contribution >= 0.6 is 0 Å². The molecule has 1 aromatic heterocycles. The number of hydrogen-bond donors (Lipinski definition) is 0. The number of piperidine rings is 1. The summed E-state index contributed by atoms with van der Waals surface area (Å²) < 4.78 is 7.67. The maximum Gasteiger partial charge on any atom is 0.142 e. The molecule has 2 aromatic rings. The van der Waals surface area contributed by atoms with Crippen LogP contribution < -0.4 is 9.64 Å². The molecule has 0 N–H and O–H groups in total. The van der Waals surface area contributed by atoms with E-state index in [1.54, 1.807) is 7.11 Å². The molecule has 6 heteroatoms. The molecule has 0 radical (unpaired) electrons. The summed E-state index contributed by atoms with van der Waals surface area (Å²) in [6.45, 7) is 13.1. The molecule has 2 saturated heterocycles. The number of rotatable bonds is 6. The van der Waals surface area contributed by atoms with Crippen molar-refractivity contribution in [2.45, 2.75) is 45.8 Å². The third-order valence-electron chi connectivity index (χ3n) is 6.64. The minimum absolute atomic E-state index is 0.671. The molecule has 0 aliphatic carbocycles. The van der Waals surface area contributed by atoms with Gasteiger partial charge in [-0.2, -0.15) is 5.10 Å². The minimum atomic E-state index is 0.671. The lowest BCUT2D eigenvalue weighted by Crippen LogP contribution is -2.55. The molecule has 158 valence electrons. The second kappa shape index (κ2) is 9.18. The number of anilines is 1. The van der Waals surface area contributed by atoms with Crippen molar-refractivity contribution in [2.24, 2.45) is 0 Å². The van der Waals surface area contributed by atoms with E-state index in [1.165, 1.54) is 42.9 Å². The van der Waals surface area contributed by atoms with Gasteiger partial charge in [-0.1, -0.05) is 12.1 Å². The van der Waals surface area contributed by atoms with Crippen molar-refractivity contribution in [2.75, 3.05) is 51.3 Å². The van der Waals surface area contributed by atoms with Gasteiger partial charge in [0.1, 0.15) is 5.75 Å². The molecule has 0 amide bonds. The third kappa shape index (κ3) is 4.43. The van der Waals surface area contributed by atoms with Crippen molar-refractivity contribution in [3.8, 4) is 5.75 Å². The molecular weight excluding hydrogens is 362 g/mol. The van der Waals surface area contributed by atoms with Crippen LogP contribution in [0.2, 0.25) is 0 Å². The Morgan fingerprint density at radius 3 is 2.62 bits per heavy atom. The Morgan fingerprint density at radius 2 is 1.90 bits per heavy atom. The van der Waals surface area contributed by atoms with Gasteiger partial charge in [-0.05, 0) is 45.4 Å². The van der Waals surface area contributed by atoms with E-state index in [0.717, 1.165) is 45.0 Å². The molecule has 0 bridgehead atoms. The van der Waals surface area contributed by atoms with E-state index in [-0.39, 0.29) is 0 Å². The SMILES string of the molecule is CCn1ncc(CN2CCC[C@H](N3CCN(c4ccccc4OC)CC3)C2)c1C. The van der Waals surface area contributed by atoms with Crippen molar-refractivity contribution in [3.05, 3.63) is 41.7 Å². The van der Waals surface area contributed by atoms with Gasteiger partial charge in [0.05, 0.1) is 19.0 Å². The smallest absolute Gasteiger partial charge is 0.142 e. The van der Waals surface area contributed by atoms with E-state index in [9.17, 15) is 0 Å². The average molecular weight is 398 g/mol. The maximum absolute atomic E-state index is 5.56. The van der Waals surface area contributed by atoms with Crippen LogP contribution in [0.25, 0.3) is 0 Å². The Kier molecular flexibility index (Phi) is 6.40. The topological polar surface area (TPSA) is 36.8 Å². The van der Waals surface area contributed by atoms with Crippen LogP contribution in [0.1, 0.15) is 31.0 Å². The fourth-order valence-corrected chi connectivity index (χ4v) is 4.89. The fraction of sp³-hybridized carbons (Fsp3) is 0.609. The van der Waals surface area contributed by atoms with Gasteiger partial charge < -0.3 is 9.64 Å². The molecule has 1 aromatic carbocycles. The molecule has 0 saturated carbocycles. The van der Waals surface area contributed by atoms with Crippen LogP contribution in [0.5, 0.6) is 5.75 Å². The molecule has 6 nitrogen and oxygen atoms in total. The second-order valence-electron chi connectivity index (χ2n) is 8.30. The summed E-state index contributed by atoms with van der Waals surface area (Å²) in [7, 11) is 1.76. The van der Waals surface area contributed by atoms with Gasteiger partial charge in [-0.3, -0.25) is 14.5 Å². The number of para-hydroxylation sites is 2. The number of piperazine rings is 1. The number of ether oxygens (including phenoxy) is 1. The highest BCUT2D eigenvalue weighted by Crippen LogP contribution is 2.29. The molecule has 4 rings (SSSR count). The summed E-state index contributed by atoms with van der Waals surface area (Å²) in [6, 6.07) is 9.05. The Labute approximate surface area is 175 Å². The number of benzene rings is 1. The van der Waals surface area contributed by atoms with Crippen molar-refractivity contribution in [1.82, 2.24) is 19.6 Å². The molecule has 1 atom stereocenters. The number of hydrogen-bond acceptors (Lipinski definition) is 5. The van der Waals surface area contributed by atoms with E-state index in [4.69, 9.17) is 4.74 Å². The van der Waals surface area contributed by atoms with E-state index in [2.05, 4.69) is 62.7 Å². The lowest BCUT2D eigenvalue weighted by Gasteiger charge is -2.44. The number of aryl methyl sites for hydroxylation is 1. The molecule has 2 fully saturated rings. The largest absolute Gasteiger partial charge is 0.495 e. The predicted octanol–water partition coefficient (Wildman–Crippen LogP) is 3.01. The Morgan fingerprint density at radius 1 is 1.10 bits per heavy atom. The third-order valence-corrected chi connectivity index (χ3v) is 6.64. The predicted molar refractivity (Wildman–Crippen MR) is 118 cm³/mol.